The van der Waals surface area contributed by atoms with Crippen LogP contribution in [0.25, 0.3) is 0 Å². The molecule has 0 bridgehead atoms. The van der Waals surface area contributed by atoms with Crippen molar-refractivity contribution >= 4 is 30.0 Å². The van der Waals surface area contributed by atoms with Gasteiger partial charge in [0, 0.05) is 11.3 Å². The van der Waals surface area contributed by atoms with E-state index in [-0.39, 0.29) is 40.3 Å². The third-order valence-electron chi connectivity index (χ3n) is 4.89. The molecule has 5 N–H and O–H groups in total. The van der Waals surface area contributed by atoms with E-state index >= 15 is 0 Å². The molecule has 0 saturated carbocycles. The lowest BCUT2D eigenvalue weighted by atomic mass is 9.95. The Bertz CT molecular complexity index is 724. The fourth-order valence-electron chi connectivity index (χ4n) is 3.38. The van der Waals surface area contributed by atoms with Crippen LogP contribution in [0.15, 0.2) is 24.3 Å². The molecule has 1 aromatic rings. The minimum absolute atomic E-state index is 0.104. The smallest absolute Gasteiger partial charge is 0.249 e. The van der Waals surface area contributed by atoms with Crippen LogP contribution in [-0.4, -0.2) is 57.0 Å². The van der Waals surface area contributed by atoms with E-state index < -0.39 is 12.1 Å². The van der Waals surface area contributed by atoms with Crippen LogP contribution in [0, 0.1) is 0 Å². The van der Waals surface area contributed by atoms with Crippen LogP contribution in [0.2, 0.25) is 0 Å². The molecule has 0 spiro atoms. The summed E-state index contributed by atoms with van der Waals surface area (Å²) in [5, 5.41) is 14.6. The van der Waals surface area contributed by atoms with Gasteiger partial charge in [-0.05, 0) is 31.5 Å². The SMILES string of the molecule is CC1(C)S[C@@H]2[C@H](NC=O)C(=O)N2[C@H]1CNC(=O)C(N)c1ccc(O)cc1. The number of nitrogens with one attached hydrogen (secondary N) is 2. The molecule has 4 atom stereocenters. The average Bonchev–Trinajstić information content (AvgIpc) is 2.85. The number of carbonyl (C=O) groups excluding carboxylic acids is 3. The number of β-lactam (4-membered cyclic amide) rings is 1. The number of fused-ring (bicyclic) bond motifs is 1. The number of benzene rings is 1. The molecular formula is C17H22N4O4S. The van der Waals surface area contributed by atoms with Crippen molar-refractivity contribution in [1.82, 2.24) is 15.5 Å². The lowest BCUT2D eigenvalue weighted by Crippen LogP contribution is -2.69. The van der Waals surface area contributed by atoms with Crippen LogP contribution < -0.4 is 16.4 Å². The van der Waals surface area contributed by atoms with Crippen molar-refractivity contribution in [2.24, 2.45) is 5.73 Å². The Labute approximate surface area is 155 Å². The third kappa shape index (κ3) is 3.12. The Balaban J connectivity index is 1.63. The number of nitrogens with zero attached hydrogens (tertiary/aromatic N) is 1. The van der Waals surface area contributed by atoms with Gasteiger partial charge < -0.3 is 26.4 Å². The molecular weight excluding hydrogens is 356 g/mol. The van der Waals surface area contributed by atoms with Gasteiger partial charge in [-0.15, -0.1) is 11.8 Å². The molecule has 2 aliphatic rings. The summed E-state index contributed by atoms with van der Waals surface area (Å²) in [4.78, 5) is 37.1. The molecule has 1 aromatic carbocycles. The molecule has 0 aromatic heterocycles. The van der Waals surface area contributed by atoms with Crippen molar-refractivity contribution in [3.05, 3.63) is 29.8 Å². The van der Waals surface area contributed by atoms with E-state index in [1.807, 2.05) is 13.8 Å². The standard InChI is InChI=1S/C17H22N4O4S/c1-17(2)11(21-15(25)13(20-8-22)16(21)26-17)7-19-14(24)12(18)9-3-5-10(23)6-4-9/h3-6,8,11-13,16,23H,7,18H2,1-2H3,(H,19,24)(H,20,22)/t11-,12?,13+,16+/m0/s1. The zero-order valence-corrected chi connectivity index (χ0v) is 15.3. The van der Waals surface area contributed by atoms with Gasteiger partial charge in [0.25, 0.3) is 0 Å². The quantitative estimate of drug-likeness (QED) is 0.397. The second-order valence-electron chi connectivity index (χ2n) is 6.95. The topological polar surface area (TPSA) is 125 Å². The van der Waals surface area contributed by atoms with Crippen LogP contribution in [0.3, 0.4) is 0 Å². The van der Waals surface area contributed by atoms with Gasteiger partial charge in [-0.3, -0.25) is 14.4 Å². The van der Waals surface area contributed by atoms with Crippen molar-refractivity contribution in [1.29, 1.82) is 0 Å². The van der Waals surface area contributed by atoms with E-state index in [0.29, 0.717) is 12.0 Å². The fourth-order valence-corrected chi connectivity index (χ4v) is 5.05. The summed E-state index contributed by atoms with van der Waals surface area (Å²) >= 11 is 1.61. The number of aromatic hydroxyl groups is 1. The average molecular weight is 378 g/mol. The van der Waals surface area contributed by atoms with Gasteiger partial charge in [-0.2, -0.15) is 0 Å². The Kier molecular flexibility index (Phi) is 4.85. The molecule has 0 aliphatic carbocycles. The first-order valence-corrected chi connectivity index (χ1v) is 9.16. The number of nitrogens with two attached hydrogens (primary N) is 1. The number of hydrogen-bond donors (Lipinski definition) is 4. The first-order chi connectivity index (χ1) is 12.3. The van der Waals surface area contributed by atoms with E-state index in [1.54, 1.807) is 28.8 Å². The second-order valence-corrected chi connectivity index (χ2v) is 8.72. The molecule has 140 valence electrons. The monoisotopic (exact) mass is 378 g/mol. The molecule has 3 amide bonds. The van der Waals surface area contributed by atoms with Gasteiger partial charge in [0.2, 0.25) is 18.2 Å². The Morgan fingerprint density at radius 2 is 2.08 bits per heavy atom. The molecule has 2 aliphatic heterocycles. The van der Waals surface area contributed by atoms with Gasteiger partial charge in [-0.25, -0.2) is 0 Å². The number of phenols is 1. The van der Waals surface area contributed by atoms with Crippen molar-refractivity contribution in [2.75, 3.05) is 6.54 Å². The Morgan fingerprint density at radius 1 is 1.42 bits per heavy atom. The van der Waals surface area contributed by atoms with Gasteiger partial charge in [0.05, 0.1) is 6.04 Å². The van der Waals surface area contributed by atoms with Crippen molar-refractivity contribution < 1.29 is 19.5 Å². The van der Waals surface area contributed by atoms with E-state index in [2.05, 4.69) is 10.6 Å². The maximum Gasteiger partial charge on any atom is 0.249 e. The van der Waals surface area contributed by atoms with E-state index in [4.69, 9.17) is 5.73 Å². The van der Waals surface area contributed by atoms with Crippen molar-refractivity contribution in [2.45, 2.75) is 42.1 Å². The number of phenolic OH excluding ortho intramolecular Hbond substituents is 1. The van der Waals surface area contributed by atoms with Gasteiger partial charge >= 0.3 is 0 Å². The van der Waals surface area contributed by atoms with Crippen molar-refractivity contribution in [3.8, 4) is 5.75 Å². The number of thioether (sulfide) groups is 1. The predicted octanol–water partition coefficient (Wildman–Crippen LogP) is -0.315. The molecule has 0 radical (unpaired) electrons. The largest absolute Gasteiger partial charge is 0.508 e. The normalized spacial score (nSPS) is 27.3. The van der Waals surface area contributed by atoms with Gasteiger partial charge in [-0.1, -0.05) is 12.1 Å². The second kappa shape index (κ2) is 6.81. The lowest BCUT2D eigenvalue weighted by molar-refractivity contribution is -0.150. The van der Waals surface area contributed by atoms with Crippen LogP contribution in [-0.2, 0) is 14.4 Å². The first-order valence-electron chi connectivity index (χ1n) is 8.28. The fraction of sp³-hybridized carbons (Fsp3) is 0.471. The first kappa shape index (κ1) is 18.5. The Morgan fingerprint density at radius 3 is 2.69 bits per heavy atom. The van der Waals surface area contributed by atoms with E-state index in [9.17, 15) is 19.5 Å². The molecule has 8 nitrogen and oxygen atoms in total. The summed E-state index contributed by atoms with van der Waals surface area (Å²) in [6.45, 7) is 4.30. The highest BCUT2D eigenvalue weighted by Crippen LogP contribution is 2.50. The van der Waals surface area contributed by atoms with E-state index in [1.165, 1.54) is 12.1 Å². The minimum Gasteiger partial charge on any atom is -0.508 e. The van der Waals surface area contributed by atoms with Crippen LogP contribution >= 0.6 is 11.8 Å². The molecule has 2 saturated heterocycles. The lowest BCUT2D eigenvalue weighted by Gasteiger charge is -2.44. The summed E-state index contributed by atoms with van der Waals surface area (Å²) in [6, 6.07) is 4.59. The zero-order chi connectivity index (χ0) is 19.1. The molecule has 2 fully saturated rings. The molecule has 2 heterocycles. The maximum atomic E-state index is 12.4. The highest BCUT2D eigenvalue weighted by Gasteiger charge is 2.61. The van der Waals surface area contributed by atoms with Crippen LogP contribution in [0.4, 0.5) is 0 Å². The summed E-state index contributed by atoms with van der Waals surface area (Å²) < 4.78 is -0.268. The van der Waals surface area contributed by atoms with Crippen LogP contribution in [0.1, 0.15) is 25.5 Å². The highest BCUT2D eigenvalue weighted by atomic mass is 32.2. The van der Waals surface area contributed by atoms with Gasteiger partial charge in [0.15, 0.2) is 0 Å². The number of hydrogen-bond acceptors (Lipinski definition) is 6. The number of amides is 3. The molecule has 1 unspecified atom stereocenters. The van der Waals surface area contributed by atoms with E-state index in [0.717, 1.165) is 0 Å². The predicted molar refractivity (Wildman–Crippen MR) is 97.1 cm³/mol. The molecule has 3 rings (SSSR count). The maximum absolute atomic E-state index is 12.4. The summed E-state index contributed by atoms with van der Waals surface area (Å²) in [5.41, 5.74) is 6.57. The minimum atomic E-state index is -0.861. The van der Waals surface area contributed by atoms with Gasteiger partial charge in [0.1, 0.15) is 23.2 Å². The third-order valence-corrected chi connectivity index (χ3v) is 6.51. The zero-order valence-electron chi connectivity index (χ0n) is 14.5. The van der Waals surface area contributed by atoms with Crippen molar-refractivity contribution in [3.63, 3.8) is 0 Å². The number of carbonyl (C=O) groups is 3. The molecule has 9 heteroatoms. The highest BCUT2D eigenvalue weighted by molar-refractivity contribution is 8.01. The number of rotatable bonds is 6. The summed E-state index contributed by atoms with van der Waals surface area (Å²) in [7, 11) is 0. The van der Waals surface area contributed by atoms with Crippen LogP contribution in [0.5, 0.6) is 5.75 Å². The Hall–Kier alpha value is -2.26. The molecule has 26 heavy (non-hydrogen) atoms. The summed E-state index contributed by atoms with van der Waals surface area (Å²) in [5.74, 6) is -0.385. The summed E-state index contributed by atoms with van der Waals surface area (Å²) in [6.07, 6.45) is 0.541.